The molecule has 0 saturated carbocycles. The maximum Gasteiger partial charge on any atom is 0.119 e. The van der Waals surface area contributed by atoms with Crippen LogP contribution in [0, 0.1) is 0 Å². The van der Waals surface area contributed by atoms with Crippen molar-refractivity contribution in [3.05, 3.63) is 29.8 Å². The molecule has 3 nitrogen and oxygen atoms in total. The summed E-state index contributed by atoms with van der Waals surface area (Å²) in [5.41, 5.74) is 7.03. The monoisotopic (exact) mass is 237 g/mol. The van der Waals surface area contributed by atoms with E-state index in [1.54, 1.807) is 0 Å². The number of benzene rings is 1. The van der Waals surface area contributed by atoms with Crippen molar-refractivity contribution in [3.63, 3.8) is 0 Å². The van der Waals surface area contributed by atoms with E-state index in [-0.39, 0.29) is 6.04 Å². The highest BCUT2D eigenvalue weighted by Gasteiger charge is 1.99. The second-order valence-electron chi connectivity index (χ2n) is 4.09. The molecule has 0 saturated heterocycles. The Labute approximate surface area is 104 Å². The number of ether oxygens (including phenoxy) is 2. The molecule has 0 aliphatic heterocycles. The van der Waals surface area contributed by atoms with E-state index in [1.165, 1.54) is 5.56 Å². The zero-order chi connectivity index (χ0) is 12.5. The maximum atomic E-state index is 5.74. The molecule has 0 spiro atoms. The quantitative estimate of drug-likeness (QED) is 0.706. The SMILES string of the molecule is CCc1cccc(OCCOCC(N)CC)c1. The first kappa shape index (κ1) is 14.0. The normalized spacial score (nSPS) is 12.4. The van der Waals surface area contributed by atoms with Crippen LogP contribution in [0.2, 0.25) is 0 Å². The van der Waals surface area contributed by atoms with Crippen molar-refractivity contribution in [2.45, 2.75) is 32.7 Å². The van der Waals surface area contributed by atoms with Crippen LogP contribution in [0.1, 0.15) is 25.8 Å². The van der Waals surface area contributed by atoms with Gasteiger partial charge in [0, 0.05) is 6.04 Å². The molecule has 1 rings (SSSR count). The van der Waals surface area contributed by atoms with E-state index in [0.29, 0.717) is 19.8 Å². The van der Waals surface area contributed by atoms with Crippen molar-refractivity contribution in [1.82, 2.24) is 0 Å². The third-order valence-corrected chi connectivity index (χ3v) is 2.66. The predicted octanol–water partition coefficient (Wildman–Crippen LogP) is 2.38. The van der Waals surface area contributed by atoms with Crippen LogP contribution in [0.3, 0.4) is 0 Å². The summed E-state index contributed by atoms with van der Waals surface area (Å²) in [7, 11) is 0. The largest absolute Gasteiger partial charge is 0.491 e. The van der Waals surface area contributed by atoms with E-state index < -0.39 is 0 Å². The van der Waals surface area contributed by atoms with Crippen LogP contribution in [-0.4, -0.2) is 25.9 Å². The highest BCUT2D eigenvalue weighted by atomic mass is 16.5. The maximum absolute atomic E-state index is 5.74. The lowest BCUT2D eigenvalue weighted by atomic mass is 10.2. The highest BCUT2D eigenvalue weighted by Crippen LogP contribution is 2.13. The molecule has 1 unspecified atom stereocenters. The Morgan fingerprint density at radius 2 is 2.06 bits per heavy atom. The van der Waals surface area contributed by atoms with Gasteiger partial charge in [0.25, 0.3) is 0 Å². The van der Waals surface area contributed by atoms with E-state index in [9.17, 15) is 0 Å². The molecule has 0 amide bonds. The van der Waals surface area contributed by atoms with Crippen molar-refractivity contribution in [2.24, 2.45) is 5.73 Å². The fourth-order valence-electron chi connectivity index (χ4n) is 1.43. The molecule has 2 N–H and O–H groups in total. The zero-order valence-electron chi connectivity index (χ0n) is 10.8. The van der Waals surface area contributed by atoms with Gasteiger partial charge in [0.1, 0.15) is 12.4 Å². The van der Waals surface area contributed by atoms with Crippen LogP contribution in [0.15, 0.2) is 24.3 Å². The average Bonchev–Trinajstić information content (AvgIpc) is 2.38. The van der Waals surface area contributed by atoms with Crippen LogP contribution < -0.4 is 10.5 Å². The van der Waals surface area contributed by atoms with E-state index in [2.05, 4.69) is 26.0 Å². The molecule has 1 aromatic carbocycles. The van der Waals surface area contributed by atoms with Gasteiger partial charge < -0.3 is 15.2 Å². The highest BCUT2D eigenvalue weighted by molar-refractivity contribution is 5.28. The molecule has 0 fully saturated rings. The molecule has 1 atom stereocenters. The molecule has 0 bridgehead atoms. The van der Waals surface area contributed by atoms with Gasteiger partial charge in [-0.1, -0.05) is 26.0 Å². The van der Waals surface area contributed by atoms with Gasteiger partial charge in [-0.3, -0.25) is 0 Å². The van der Waals surface area contributed by atoms with Crippen LogP contribution in [0.25, 0.3) is 0 Å². The minimum Gasteiger partial charge on any atom is -0.491 e. The molecule has 0 radical (unpaired) electrons. The molecule has 1 aromatic rings. The lowest BCUT2D eigenvalue weighted by Gasteiger charge is -2.10. The van der Waals surface area contributed by atoms with E-state index in [4.69, 9.17) is 15.2 Å². The molecule has 96 valence electrons. The summed E-state index contributed by atoms with van der Waals surface area (Å²) in [4.78, 5) is 0. The summed E-state index contributed by atoms with van der Waals surface area (Å²) >= 11 is 0. The van der Waals surface area contributed by atoms with Crippen molar-refractivity contribution >= 4 is 0 Å². The fraction of sp³-hybridized carbons (Fsp3) is 0.571. The first-order valence-corrected chi connectivity index (χ1v) is 6.31. The first-order valence-electron chi connectivity index (χ1n) is 6.31. The second kappa shape index (κ2) is 8.09. The van der Waals surface area contributed by atoms with Crippen LogP contribution >= 0.6 is 0 Å². The number of hydrogen-bond acceptors (Lipinski definition) is 3. The van der Waals surface area contributed by atoms with Gasteiger partial charge >= 0.3 is 0 Å². The number of aryl methyl sites for hydroxylation is 1. The molecule has 17 heavy (non-hydrogen) atoms. The summed E-state index contributed by atoms with van der Waals surface area (Å²) in [5.74, 6) is 0.910. The van der Waals surface area contributed by atoms with Crippen LogP contribution in [0.5, 0.6) is 5.75 Å². The average molecular weight is 237 g/mol. The Bertz CT molecular complexity index is 315. The van der Waals surface area contributed by atoms with E-state index >= 15 is 0 Å². The second-order valence-corrected chi connectivity index (χ2v) is 4.09. The predicted molar refractivity (Wildman–Crippen MR) is 70.4 cm³/mol. The van der Waals surface area contributed by atoms with Gasteiger partial charge in [-0.2, -0.15) is 0 Å². The number of rotatable bonds is 8. The third-order valence-electron chi connectivity index (χ3n) is 2.66. The van der Waals surface area contributed by atoms with Gasteiger partial charge in [-0.25, -0.2) is 0 Å². The lowest BCUT2D eigenvalue weighted by Crippen LogP contribution is -2.26. The summed E-state index contributed by atoms with van der Waals surface area (Å²) in [6.45, 7) is 5.96. The molecule has 0 aliphatic carbocycles. The Morgan fingerprint density at radius 3 is 2.76 bits per heavy atom. The number of nitrogens with two attached hydrogens (primary N) is 1. The smallest absolute Gasteiger partial charge is 0.119 e. The van der Waals surface area contributed by atoms with Gasteiger partial charge in [0.15, 0.2) is 0 Å². The minimum atomic E-state index is 0.137. The molecule has 0 aliphatic rings. The summed E-state index contributed by atoms with van der Waals surface area (Å²) < 4.78 is 11.0. The molecular weight excluding hydrogens is 214 g/mol. The van der Waals surface area contributed by atoms with E-state index in [0.717, 1.165) is 18.6 Å². The van der Waals surface area contributed by atoms with Crippen LogP contribution in [-0.2, 0) is 11.2 Å². The Balaban J connectivity index is 2.17. The minimum absolute atomic E-state index is 0.137. The topological polar surface area (TPSA) is 44.5 Å². The van der Waals surface area contributed by atoms with Gasteiger partial charge in [-0.05, 0) is 30.5 Å². The summed E-state index contributed by atoms with van der Waals surface area (Å²) in [6, 6.07) is 8.29. The standard InChI is InChI=1S/C14H23NO2/c1-3-12-6-5-7-14(10-12)17-9-8-16-11-13(15)4-2/h5-7,10,13H,3-4,8-9,11,15H2,1-2H3. The lowest BCUT2D eigenvalue weighted by molar-refractivity contribution is 0.0897. The van der Waals surface area contributed by atoms with Gasteiger partial charge in [-0.15, -0.1) is 0 Å². The van der Waals surface area contributed by atoms with Crippen molar-refractivity contribution in [3.8, 4) is 5.75 Å². The van der Waals surface area contributed by atoms with Crippen molar-refractivity contribution in [2.75, 3.05) is 19.8 Å². The number of hydrogen-bond donors (Lipinski definition) is 1. The molecular formula is C14H23NO2. The third kappa shape index (κ3) is 5.71. The van der Waals surface area contributed by atoms with Gasteiger partial charge in [0.2, 0.25) is 0 Å². The van der Waals surface area contributed by atoms with Crippen molar-refractivity contribution < 1.29 is 9.47 Å². The first-order chi connectivity index (χ1) is 8.26. The van der Waals surface area contributed by atoms with E-state index in [1.807, 2.05) is 12.1 Å². The Morgan fingerprint density at radius 1 is 1.24 bits per heavy atom. The summed E-state index contributed by atoms with van der Waals surface area (Å²) in [6.07, 6.45) is 1.97. The summed E-state index contributed by atoms with van der Waals surface area (Å²) in [5, 5.41) is 0. The molecule has 0 heterocycles. The van der Waals surface area contributed by atoms with Gasteiger partial charge in [0.05, 0.1) is 13.2 Å². The Hall–Kier alpha value is -1.06. The molecule has 3 heteroatoms. The van der Waals surface area contributed by atoms with Crippen LogP contribution in [0.4, 0.5) is 0 Å². The molecule has 0 aromatic heterocycles. The zero-order valence-corrected chi connectivity index (χ0v) is 10.8. The van der Waals surface area contributed by atoms with Crippen molar-refractivity contribution in [1.29, 1.82) is 0 Å². The Kier molecular flexibility index (Phi) is 6.67. The fourth-order valence-corrected chi connectivity index (χ4v) is 1.43.